The molecule has 35 heavy (non-hydrogen) atoms. The van der Waals surface area contributed by atoms with E-state index in [-0.39, 0.29) is 30.5 Å². The molecular weight excluding hydrogens is 450 g/mol. The van der Waals surface area contributed by atoms with Crippen LogP contribution < -0.4 is 15.4 Å². The van der Waals surface area contributed by atoms with E-state index in [0.29, 0.717) is 22.3 Å². The van der Waals surface area contributed by atoms with Gasteiger partial charge in [0.1, 0.15) is 23.2 Å². The molecule has 2 aliphatic heterocycles. The molecule has 2 aliphatic rings. The number of nitriles is 1. The molecule has 0 aliphatic carbocycles. The molecule has 1 atom stereocenters. The predicted molar refractivity (Wildman–Crippen MR) is 128 cm³/mol. The number of carbonyl (C=O) groups is 3. The van der Waals surface area contributed by atoms with Crippen LogP contribution in [0.3, 0.4) is 0 Å². The van der Waals surface area contributed by atoms with Gasteiger partial charge in [-0.1, -0.05) is 33.8 Å². The Hall–Kier alpha value is -4.39. The Labute approximate surface area is 202 Å². The molecule has 10 nitrogen and oxygen atoms in total. The van der Waals surface area contributed by atoms with Crippen molar-refractivity contribution in [3.05, 3.63) is 59.1 Å². The molecule has 1 saturated heterocycles. The van der Waals surface area contributed by atoms with Crippen LogP contribution in [0.5, 0.6) is 5.75 Å². The Morgan fingerprint density at radius 1 is 1.17 bits per heavy atom. The first-order chi connectivity index (χ1) is 16.9. The number of furan rings is 1. The van der Waals surface area contributed by atoms with Crippen molar-refractivity contribution >= 4 is 28.8 Å². The Morgan fingerprint density at radius 2 is 1.91 bits per heavy atom. The molecule has 0 unspecified atom stereocenters. The van der Waals surface area contributed by atoms with Gasteiger partial charge in [-0.3, -0.25) is 14.9 Å². The standard InChI is InChI=1S/C21H15N5O5.2C2H6/c1-30-12-3-2-11-9-26(18(27)13(11)6-12)10-21(19(28)24-20(29)25-21)17-7-14-15(8-22)23-5-4-16(14)31-17;2*1-2/h2-7H,9-10H2,1H3,(H2,24,25,28,29);2*1-2H3/t21-;;/m0../s1. The van der Waals surface area contributed by atoms with E-state index in [1.807, 2.05) is 33.8 Å². The second-order valence-corrected chi connectivity index (χ2v) is 7.29. The summed E-state index contributed by atoms with van der Waals surface area (Å²) in [5.41, 5.74) is 0.0794. The molecule has 0 bridgehead atoms. The van der Waals surface area contributed by atoms with E-state index in [1.54, 1.807) is 24.3 Å². The molecule has 2 aromatic heterocycles. The Bertz CT molecular complexity index is 1330. The summed E-state index contributed by atoms with van der Waals surface area (Å²) in [5, 5.41) is 14.6. The molecular formula is C25H27N5O5. The molecule has 5 rings (SSSR count). The Morgan fingerprint density at radius 3 is 2.54 bits per heavy atom. The molecule has 2 N–H and O–H groups in total. The number of ether oxygens (including phenoxy) is 1. The third kappa shape index (κ3) is 4.28. The van der Waals surface area contributed by atoms with Crippen LogP contribution in [0.1, 0.15) is 55.1 Å². The highest BCUT2D eigenvalue weighted by molar-refractivity contribution is 6.08. The number of urea groups is 1. The van der Waals surface area contributed by atoms with Gasteiger partial charge in [-0.25, -0.2) is 9.78 Å². The van der Waals surface area contributed by atoms with E-state index >= 15 is 0 Å². The van der Waals surface area contributed by atoms with Crippen molar-refractivity contribution in [2.24, 2.45) is 0 Å². The third-order valence-electron chi connectivity index (χ3n) is 5.54. The molecule has 10 heteroatoms. The Kier molecular flexibility index (Phi) is 7.40. The summed E-state index contributed by atoms with van der Waals surface area (Å²) in [7, 11) is 1.51. The number of hydrogen-bond donors (Lipinski definition) is 2. The molecule has 182 valence electrons. The van der Waals surface area contributed by atoms with Gasteiger partial charge < -0.3 is 19.4 Å². The molecule has 4 heterocycles. The van der Waals surface area contributed by atoms with Crippen molar-refractivity contribution in [1.29, 1.82) is 5.26 Å². The molecule has 4 amide bonds. The number of rotatable bonds is 4. The number of nitrogens with zero attached hydrogens (tertiary/aromatic N) is 3. The molecule has 1 aromatic carbocycles. The van der Waals surface area contributed by atoms with Gasteiger partial charge in [-0.15, -0.1) is 0 Å². The summed E-state index contributed by atoms with van der Waals surface area (Å²) < 4.78 is 11.0. The summed E-state index contributed by atoms with van der Waals surface area (Å²) in [6.07, 6.45) is 1.42. The minimum atomic E-state index is -1.65. The van der Waals surface area contributed by atoms with Gasteiger partial charge in [0.2, 0.25) is 0 Å². The minimum Gasteiger partial charge on any atom is -0.497 e. The number of amides is 4. The number of pyridine rings is 1. The zero-order chi connectivity index (χ0) is 25.8. The van der Waals surface area contributed by atoms with E-state index in [0.717, 1.165) is 5.56 Å². The average molecular weight is 478 g/mol. The first kappa shape index (κ1) is 25.2. The summed E-state index contributed by atoms with van der Waals surface area (Å²) in [6.45, 7) is 8.10. The van der Waals surface area contributed by atoms with Crippen molar-refractivity contribution in [2.75, 3.05) is 13.7 Å². The van der Waals surface area contributed by atoms with Gasteiger partial charge in [0.25, 0.3) is 11.8 Å². The lowest BCUT2D eigenvalue weighted by atomic mass is 9.95. The van der Waals surface area contributed by atoms with E-state index in [2.05, 4.69) is 15.6 Å². The van der Waals surface area contributed by atoms with Crippen LogP contribution in [-0.2, 0) is 16.9 Å². The second kappa shape index (κ2) is 10.3. The molecule has 1 fully saturated rings. The summed E-state index contributed by atoms with van der Waals surface area (Å²) in [4.78, 5) is 43.5. The fourth-order valence-electron chi connectivity index (χ4n) is 4.00. The maximum absolute atomic E-state index is 13.0. The van der Waals surface area contributed by atoms with Crippen molar-refractivity contribution in [3.63, 3.8) is 0 Å². The average Bonchev–Trinajstić information content (AvgIpc) is 3.55. The number of benzene rings is 1. The number of methoxy groups -OCH3 is 1. The van der Waals surface area contributed by atoms with E-state index < -0.39 is 17.5 Å². The highest BCUT2D eigenvalue weighted by atomic mass is 16.5. The van der Waals surface area contributed by atoms with Crippen molar-refractivity contribution < 1.29 is 23.5 Å². The van der Waals surface area contributed by atoms with Crippen LogP contribution in [-0.4, -0.2) is 41.4 Å². The van der Waals surface area contributed by atoms with Crippen molar-refractivity contribution in [2.45, 2.75) is 39.8 Å². The largest absolute Gasteiger partial charge is 0.497 e. The lowest BCUT2D eigenvalue weighted by molar-refractivity contribution is -0.125. The topological polar surface area (TPSA) is 138 Å². The first-order valence-electron chi connectivity index (χ1n) is 11.3. The summed E-state index contributed by atoms with van der Waals surface area (Å²) in [5.74, 6) is -0.289. The van der Waals surface area contributed by atoms with Crippen LogP contribution in [0.25, 0.3) is 11.0 Å². The smallest absolute Gasteiger partial charge is 0.322 e. The monoisotopic (exact) mass is 477 g/mol. The zero-order valence-corrected chi connectivity index (χ0v) is 20.3. The van der Waals surface area contributed by atoms with E-state index in [9.17, 15) is 19.6 Å². The SMILES string of the molecule is CC.CC.COc1ccc2c(c1)C(=O)N(C[C@@]1(c3cc4c(C#N)nccc4o3)NC(=O)NC1=O)C2. The van der Waals surface area contributed by atoms with Crippen LogP contribution in [0, 0.1) is 11.3 Å². The lowest BCUT2D eigenvalue weighted by Gasteiger charge is -2.29. The van der Waals surface area contributed by atoms with Gasteiger partial charge >= 0.3 is 6.03 Å². The highest BCUT2D eigenvalue weighted by Gasteiger charge is 2.53. The van der Waals surface area contributed by atoms with Gasteiger partial charge in [0, 0.05) is 18.3 Å². The number of nitrogens with one attached hydrogen (secondary N) is 2. The van der Waals surface area contributed by atoms with E-state index in [1.165, 1.54) is 24.3 Å². The molecule has 0 radical (unpaired) electrons. The van der Waals surface area contributed by atoms with Crippen LogP contribution in [0.2, 0.25) is 0 Å². The first-order valence-corrected chi connectivity index (χ1v) is 11.3. The van der Waals surface area contributed by atoms with Crippen LogP contribution >= 0.6 is 0 Å². The minimum absolute atomic E-state index is 0.108. The van der Waals surface area contributed by atoms with Gasteiger partial charge in [0.05, 0.1) is 19.0 Å². The second-order valence-electron chi connectivity index (χ2n) is 7.29. The zero-order valence-electron chi connectivity index (χ0n) is 20.3. The van der Waals surface area contributed by atoms with Gasteiger partial charge in [-0.2, -0.15) is 5.26 Å². The van der Waals surface area contributed by atoms with Gasteiger partial charge in [0.15, 0.2) is 11.2 Å². The number of carbonyl (C=O) groups excluding carboxylic acids is 3. The molecule has 0 saturated carbocycles. The number of imide groups is 1. The third-order valence-corrected chi connectivity index (χ3v) is 5.54. The highest BCUT2D eigenvalue weighted by Crippen LogP contribution is 2.35. The van der Waals surface area contributed by atoms with Crippen molar-refractivity contribution in [1.82, 2.24) is 20.5 Å². The maximum Gasteiger partial charge on any atom is 0.322 e. The number of fused-ring (bicyclic) bond motifs is 2. The van der Waals surface area contributed by atoms with E-state index in [4.69, 9.17) is 9.15 Å². The molecule has 3 aromatic rings. The quantitative estimate of drug-likeness (QED) is 0.549. The Balaban J connectivity index is 0.000000815. The summed E-state index contributed by atoms with van der Waals surface area (Å²) in [6, 6.07) is 9.53. The fourth-order valence-corrected chi connectivity index (χ4v) is 4.00. The normalized spacial score (nSPS) is 17.9. The number of hydrogen-bond acceptors (Lipinski definition) is 7. The maximum atomic E-state index is 13.0. The van der Waals surface area contributed by atoms with Crippen LogP contribution in [0.15, 0.2) is 40.9 Å². The van der Waals surface area contributed by atoms with Crippen molar-refractivity contribution in [3.8, 4) is 11.8 Å². The predicted octanol–water partition coefficient (Wildman–Crippen LogP) is 3.45. The molecule has 0 spiro atoms. The fraction of sp³-hybridized carbons (Fsp3) is 0.320. The summed E-state index contributed by atoms with van der Waals surface area (Å²) >= 11 is 0. The van der Waals surface area contributed by atoms with Gasteiger partial charge in [-0.05, 0) is 29.8 Å². The van der Waals surface area contributed by atoms with Crippen LogP contribution in [0.4, 0.5) is 4.79 Å². The number of aromatic nitrogens is 1. The lowest BCUT2D eigenvalue weighted by Crippen LogP contribution is -2.52.